The molecule has 5 rings (SSSR count). The van der Waals surface area contributed by atoms with Gasteiger partial charge in [-0.1, -0.05) is 6.07 Å². The van der Waals surface area contributed by atoms with Crippen molar-refractivity contribution in [2.45, 2.75) is 27.3 Å². The minimum Gasteiger partial charge on any atom is -0.364 e. The number of rotatable bonds is 4. The summed E-state index contributed by atoms with van der Waals surface area (Å²) in [4.78, 5) is 26.4. The van der Waals surface area contributed by atoms with Crippen LogP contribution in [0.1, 0.15) is 33.4 Å². The third-order valence-electron chi connectivity index (χ3n) is 6.13. The van der Waals surface area contributed by atoms with Gasteiger partial charge in [0.15, 0.2) is 0 Å². The number of amides is 1. The molecule has 0 spiro atoms. The van der Waals surface area contributed by atoms with Crippen LogP contribution in [-0.4, -0.2) is 30.0 Å². The molecule has 1 amide bonds. The van der Waals surface area contributed by atoms with Gasteiger partial charge < -0.3 is 14.9 Å². The number of imidazole rings is 1. The van der Waals surface area contributed by atoms with E-state index in [-0.39, 0.29) is 6.54 Å². The minimum atomic E-state index is -0.600. The summed E-state index contributed by atoms with van der Waals surface area (Å²) in [7, 11) is 1.95. The van der Waals surface area contributed by atoms with Crippen molar-refractivity contribution in [2.75, 3.05) is 0 Å². The lowest BCUT2D eigenvalue weighted by molar-refractivity contribution is 0.0993. The van der Waals surface area contributed by atoms with E-state index in [2.05, 4.69) is 15.0 Å². The van der Waals surface area contributed by atoms with Gasteiger partial charge in [-0.05, 0) is 56.7 Å². The smallest absolute Gasteiger partial charge is 0.266 e. The van der Waals surface area contributed by atoms with Gasteiger partial charge in [-0.15, -0.1) is 0 Å². The molecule has 0 aliphatic carbocycles. The Balaban J connectivity index is 1.81. The molecule has 2 aromatic carbocycles. The van der Waals surface area contributed by atoms with Crippen molar-refractivity contribution in [3.63, 3.8) is 0 Å². The highest BCUT2D eigenvalue weighted by atomic mass is 19.1. The maximum Gasteiger partial charge on any atom is 0.266 e. The number of carbonyl (C=O) groups excluding carboxylic acids is 1. The van der Waals surface area contributed by atoms with Gasteiger partial charge >= 0.3 is 0 Å². The number of primary amides is 1. The van der Waals surface area contributed by atoms with Crippen LogP contribution in [0, 0.1) is 26.6 Å². The first-order valence-corrected chi connectivity index (χ1v) is 10.6. The quantitative estimate of drug-likeness (QED) is 0.452. The SMILES string of the molecule is Cc1cnc(Cn2c(C(N)=O)c(-c3ccc4c(c3)nc(C)n4C)c3cc(F)ccc32)c(C)n1. The van der Waals surface area contributed by atoms with Crippen LogP contribution in [0.4, 0.5) is 4.39 Å². The Morgan fingerprint density at radius 3 is 2.55 bits per heavy atom. The van der Waals surface area contributed by atoms with Crippen molar-refractivity contribution in [1.82, 2.24) is 24.1 Å². The monoisotopic (exact) mass is 442 g/mol. The first kappa shape index (κ1) is 20.8. The molecule has 0 atom stereocenters. The molecule has 2 N–H and O–H groups in total. The van der Waals surface area contributed by atoms with Crippen molar-refractivity contribution in [2.24, 2.45) is 12.8 Å². The fourth-order valence-corrected chi connectivity index (χ4v) is 4.44. The molecule has 0 saturated heterocycles. The van der Waals surface area contributed by atoms with Gasteiger partial charge in [0.05, 0.1) is 34.7 Å². The molecular formula is C25H23FN6O. The molecule has 3 aromatic heterocycles. The average Bonchev–Trinajstić information content (AvgIpc) is 3.23. The van der Waals surface area contributed by atoms with E-state index in [4.69, 9.17) is 5.73 Å². The Bertz CT molecular complexity index is 1580. The fraction of sp³-hybridized carbons (Fsp3) is 0.200. The Morgan fingerprint density at radius 1 is 1.06 bits per heavy atom. The Labute approximate surface area is 189 Å². The molecule has 0 bridgehead atoms. The molecule has 166 valence electrons. The molecule has 0 unspecified atom stereocenters. The lowest BCUT2D eigenvalue weighted by atomic mass is 10.0. The second kappa shape index (κ2) is 7.51. The zero-order valence-corrected chi connectivity index (χ0v) is 18.8. The fourth-order valence-electron chi connectivity index (χ4n) is 4.44. The third-order valence-corrected chi connectivity index (χ3v) is 6.13. The zero-order chi connectivity index (χ0) is 23.4. The molecule has 0 saturated carbocycles. The zero-order valence-electron chi connectivity index (χ0n) is 18.8. The van der Waals surface area contributed by atoms with E-state index in [1.54, 1.807) is 16.8 Å². The van der Waals surface area contributed by atoms with Crippen molar-refractivity contribution in [3.05, 3.63) is 77.0 Å². The average molecular weight is 442 g/mol. The van der Waals surface area contributed by atoms with Crippen LogP contribution >= 0.6 is 0 Å². The summed E-state index contributed by atoms with van der Waals surface area (Å²) in [6.07, 6.45) is 1.69. The number of aryl methyl sites for hydroxylation is 4. The largest absolute Gasteiger partial charge is 0.364 e. The van der Waals surface area contributed by atoms with Crippen molar-refractivity contribution < 1.29 is 9.18 Å². The summed E-state index contributed by atoms with van der Waals surface area (Å²) in [5, 5.41) is 0.605. The number of hydrogen-bond donors (Lipinski definition) is 1. The molecule has 8 heteroatoms. The summed E-state index contributed by atoms with van der Waals surface area (Å²) < 4.78 is 18.1. The number of nitrogens with two attached hydrogens (primary N) is 1. The highest BCUT2D eigenvalue weighted by molar-refractivity contribution is 6.10. The van der Waals surface area contributed by atoms with E-state index in [0.717, 1.165) is 33.8 Å². The topological polar surface area (TPSA) is 91.6 Å². The molecule has 0 radical (unpaired) electrons. The van der Waals surface area contributed by atoms with Crippen LogP contribution in [-0.2, 0) is 13.6 Å². The number of carbonyl (C=O) groups is 1. The van der Waals surface area contributed by atoms with Gasteiger partial charge in [-0.2, -0.15) is 0 Å². The van der Waals surface area contributed by atoms with Gasteiger partial charge in [0.2, 0.25) is 0 Å². The summed E-state index contributed by atoms with van der Waals surface area (Å²) >= 11 is 0. The Morgan fingerprint density at radius 2 is 1.82 bits per heavy atom. The predicted octanol–water partition coefficient (Wildman–Crippen LogP) is 4.20. The third kappa shape index (κ3) is 3.34. The van der Waals surface area contributed by atoms with Gasteiger partial charge in [-0.3, -0.25) is 14.8 Å². The summed E-state index contributed by atoms with van der Waals surface area (Å²) in [5.41, 5.74) is 12.3. The maximum absolute atomic E-state index is 14.4. The highest BCUT2D eigenvalue weighted by Crippen LogP contribution is 2.37. The van der Waals surface area contributed by atoms with E-state index in [9.17, 15) is 9.18 Å². The molecular weight excluding hydrogens is 419 g/mol. The molecule has 0 aliphatic rings. The number of fused-ring (bicyclic) bond motifs is 2. The lowest BCUT2D eigenvalue weighted by Gasteiger charge is -2.11. The van der Waals surface area contributed by atoms with Crippen LogP contribution in [0.5, 0.6) is 0 Å². The van der Waals surface area contributed by atoms with E-state index in [1.165, 1.54) is 12.1 Å². The van der Waals surface area contributed by atoms with Crippen molar-refractivity contribution in [3.8, 4) is 11.1 Å². The van der Waals surface area contributed by atoms with Crippen LogP contribution in [0.25, 0.3) is 33.1 Å². The van der Waals surface area contributed by atoms with Crippen molar-refractivity contribution in [1.29, 1.82) is 0 Å². The van der Waals surface area contributed by atoms with E-state index in [1.807, 2.05) is 50.6 Å². The summed E-state index contributed by atoms with van der Waals surface area (Å²) in [6, 6.07) is 10.3. The predicted molar refractivity (Wildman–Crippen MR) is 125 cm³/mol. The molecule has 33 heavy (non-hydrogen) atoms. The van der Waals surface area contributed by atoms with Crippen LogP contribution in [0.2, 0.25) is 0 Å². The van der Waals surface area contributed by atoms with Crippen molar-refractivity contribution >= 4 is 27.8 Å². The summed E-state index contributed by atoms with van der Waals surface area (Å²) in [6.45, 7) is 5.97. The second-order valence-corrected chi connectivity index (χ2v) is 8.30. The lowest BCUT2D eigenvalue weighted by Crippen LogP contribution is -2.19. The Hall–Kier alpha value is -4.07. The first-order chi connectivity index (χ1) is 15.7. The van der Waals surface area contributed by atoms with Crippen LogP contribution < -0.4 is 5.73 Å². The maximum atomic E-state index is 14.4. The Kier molecular flexibility index (Phi) is 4.74. The van der Waals surface area contributed by atoms with E-state index < -0.39 is 11.7 Å². The molecule has 5 aromatic rings. The number of benzene rings is 2. The molecule has 0 fully saturated rings. The number of aromatic nitrogens is 5. The van der Waals surface area contributed by atoms with E-state index in [0.29, 0.717) is 27.9 Å². The molecule has 3 heterocycles. The molecule has 7 nitrogen and oxygen atoms in total. The second-order valence-electron chi connectivity index (χ2n) is 8.30. The summed E-state index contributed by atoms with van der Waals surface area (Å²) in [5.74, 6) is -0.117. The van der Waals surface area contributed by atoms with Gasteiger partial charge in [0.1, 0.15) is 17.3 Å². The minimum absolute atomic E-state index is 0.282. The van der Waals surface area contributed by atoms with E-state index >= 15 is 0 Å². The number of hydrogen-bond acceptors (Lipinski definition) is 4. The van der Waals surface area contributed by atoms with Gasteiger partial charge in [-0.25, -0.2) is 9.37 Å². The highest BCUT2D eigenvalue weighted by Gasteiger charge is 2.24. The standard InChI is InChI=1S/C25H23FN6O/c1-13-11-28-20(14(2)29-13)12-32-21-8-6-17(26)10-18(21)23(24(32)25(27)33)16-5-7-22-19(9-16)30-15(3)31(22)4/h5-11H,12H2,1-4H3,(H2,27,33). The van der Waals surface area contributed by atoms with Crippen LogP contribution in [0.15, 0.2) is 42.6 Å². The number of nitrogens with zero attached hydrogens (tertiary/aromatic N) is 5. The van der Waals surface area contributed by atoms with Gasteiger partial charge in [0, 0.05) is 29.7 Å². The van der Waals surface area contributed by atoms with Crippen LogP contribution in [0.3, 0.4) is 0 Å². The van der Waals surface area contributed by atoms with Gasteiger partial charge in [0.25, 0.3) is 5.91 Å². The number of halogens is 1. The first-order valence-electron chi connectivity index (χ1n) is 10.6. The normalized spacial score (nSPS) is 11.5. The molecule has 0 aliphatic heterocycles.